The number of carbonyl (C=O) groups is 2. The Morgan fingerprint density at radius 2 is 1.87 bits per heavy atom. The third kappa shape index (κ3) is 4.42. The maximum absolute atomic E-state index is 13.2. The lowest BCUT2D eigenvalue weighted by Crippen LogP contribution is -2.50. The molecule has 1 atom stereocenters. The smallest absolute Gasteiger partial charge is 0.225 e. The standard InChI is InChI=1S/C24H31N3O3/c1-18(28)26-13-9-20(10-14-26)22(29)27-12-6-11-24(2,17-27)23-25-16-21(30-23)15-19-7-4-3-5-8-19/h3-5,7-8,16,20H,6,9-15,17H2,1-2H3. The molecule has 4 rings (SSSR count). The van der Waals surface area contributed by atoms with Gasteiger partial charge in [0, 0.05) is 45.4 Å². The zero-order chi connectivity index (χ0) is 21.1. The van der Waals surface area contributed by atoms with Crippen LogP contribution in [0, 0.1) is 5.92 Å². The molecule has 0 bridgehead atoms. The fourth-order valence-corrected chi connectivity index (χ4v) is 4.77. The Bertz CT molecular complexity index is 886. The van der Waals surface area contributed by atoms with Crippen LogP contribution in [0.1, 0.15) is 56.7 Å². The van der Waals surface area contributed by atoms with E-state index in [4.69, 9.17) is 4.42 Å². The van der Waals surface area contributed by atoms with Crippen LogP contribution in [0.5, 0.6) is 0 Å². The quantitative estimate of drug-likeness (QED) is 0.776. The maximum Gasteiger partial charge on any atom is 0.225 e. The van der Waals surface area contributed by atoms with Crippen LogP contribution in [-0.4, -0.2) is 52.8 Å². The van der Waals surface area contributed by atoms with Gasteiger partial charge in [-0.05, 0) is 38.2 Å². The number of nitrogens with zero attached hydrogens (tertiary/aromatic N) is 3. The zero-order valence-electron chi connectivity index (χ0n) is 18.0. The normalized spacial score (nSPS) is 22.9. The summed E-state index contributed by atoms with van der Waals surface area (Å²) in [4.78, 5) is 33.1. The van der Waals surface area contributed by atoms with Crippen molar-refractivity contribution in [2.75, 3.05) is 26.2 Å². The minimum absolute atomic E-state index is 0.0150. The molecule has 2 fully saturated rings. The van der Waals surface area contributed by atoms with Gasteiger partial charge in [-0.25, -0.2) is 4.98 Å². The highest BCUT2D eigenvalue weighted by atomic mass is 16.4. The molecule has 1 unspecified atom stereocenters. The minimum atomic E-state index is -0.261. The largest absolute Gasteiger partial charge is 0.445 e. The molecular formula is C24H31N3O3. The first-order valence-corrected chi connectivity index (χ1v) is 11.0. The van der Waals surface area contributed by atoms with Crippen molar-refractivity contribution in [2.24, 2.45) is 5.92 Å². The van der Waals surface area contributed by atoms with Crippen LogP contribution < -0.4 is 0 Å². The number of benzene rings is 1. The van der Waals surface area contributed by atoms with Crippen LogP contribution >= 0.6 is 0 Å². The van der Waals surface area contributed by atoms with Gasteiger partial charge < -0.3 is 14.2 Å². The van der Waals surface area contributed by atoms with E-state index in [9.17, 15) is 9.59 Å². The van der Waals surface area contributed by atoms with Crippen molar-refractivity contribution in [1.29, 1.82) is 0 Å². The Kier molecular flexibility index (Phi) is 5.93. The average molecular weight is 410 g/mol. The van der Waals surface area contributed by atoms with Crippen LogP contribution in [0.25, 0.3) is 0 Å². The SMILES string of the molecule is CC(=O)N1CCC(C(=O)N2CCCC(C)(c3ncc(Cc4ccccc4)o3)C2)CC1. The molecule has 0 saturated carbocycles. The molecular weight excluding hydrogens is 378 g/mol. The highest BCUT2D eigenvalue weighted by Gasteiger charge is 2.40. The Labute approximate surface area is 178 Å². The summed E-state index contributed by atoms with van der Waals surface area (Å²) in [6.07, 6.45) is 5.97. The van der Waals surface area contributed by atoms with Crippen LogP contribution in [-0.2, 0) is 21.4 Å². The van der Waals surface area contributed by atoms with E-state index in [-0.39, 0.29) is 23.1 Å². The second kappa shape index (κ2) is 8.62. The van der Waals surface area contributed by atoms with Crippen LogP contribution in [0.4, 0.5) is 0 Å². The fourth-order valence-electron chi connectivity index (χ4n) is 4.77. The molecule has 2 aliphatic heterocycles. The monoisotopic (exact) mass is 409 g/mol. The molecule has 6 heteroatoms. The van der Waals surface area contributed by atoms with Crippen molar-refractivity contribution in [3.63, 3.8) is 0 Å². The molecule has 2 aliphatic rings. The summed E-state index contributed by atoms with van der Waals surface area (Å²) in [7, 11) is 0. The van der Waals surface area contributed by atoms with Crippen molar-refractivity contribution in [2.45, 2.75) is 51.4 Å². The van der Waals surface area contributed by atoms with Crippen molar-refractivity contribution >= 4 is 11.8 Å². The average Bonchev–Trinajstić information content (AvgIpc) is 3.23. The number of amides is 2. The number of aromatic nitrogens is 1. The predicted octanol–water partition coefficient (Wildman–Crippen LogP) is 3.40. The first kappa shape index (κ1) is 20.6. The molecule has 2 amide bonds. The fraction of sp³-hybridized carbons (Fsp3) is 0.542. The van der Waals surface area contributed by atoms with Gasteiger partial charge in [-0.1, -0.05) is 30.3 Å². The molecule has 2 aromatic rings. The van der Waals surface area contributed by atoms with E-state index in [0.29, 0.717) is 19.6 Å². The summed E-state index contributed by atoms with van der Waals surface area (Å²) in [5.74, 6) is 1.93. The summed E-state index contributed by atoms with van der Waals surface area (Å²) in [6, 6.07) is 10.2. The first-order valence-electron chi connectivity index (χ1n) is 11.0. The van der Waals surface area contributed by atoms with E-state index in [2.05, 4.69) is 24.0 Å². The van der Waals surface area contributed by atoms with Gasteiger partial charge in [-0.15, -0.1) is 0 Å². The van der Waals surface area contributed by atoms with Crippen molar-refractivity contribution in [1.82, 2.24) is 14.8 Å². The van der Waals surface area contributed by atoms with Gasteiger partial charge in [-0.3, -0.25) is 9.59 Å². The lowest BCUT2D eigenvalue weighted by Gasteiger charge is -2.41. The van der Waals surface area contributed by atoms with Gasteiger partial charge >= 0.3 is 0 Å². The highest BCUT2D eigenvalue weighted by Crippen LogP contribution is 2.35. The zero-order valence-corrected chi connectivity index (χ0v) is 18.0. The minimum Gasteiger partial charge on any atom is -0.445 e. The van der Waals surface area contributed by atoms with Gasteiger partial charge in [0.05, 0.1) is 11.6 Å². The number of hydrogen-bond donors (Lipinski definition) is 0. The molecule has 0 aliphatic carbocycles. The van der Waals surface area contributed by atoms with Gasteiger partial charge in [0.1, 0.15) is 5.76 Å². The van der Waals surface area contributed by atoms with Crippen molar-refractivity contribution in [3.8, 4) is 0 Å². The van der Waals surface area contributed by atoms with E-state index in [1.54, 1.807) is 6.92 Å². The number of oxazole rings is 1. The molecule has 1 aromatic carbocycles. The molecule has 0 N–H and O–H groups in total. The molecule has 3 heterocycles. The molecule has 30 heavy (non-hydrogen) atoms. The molecule has 2 saturated heterocycles. The van der Waals surface area contributed by atoms with Gasteiger partial charge in [0.15, 0.2) is 0 Å². The third-order valence-corrected chi connectivity index (χ3v) is 6.59. The molecule has 6 nitrogen and oxygen atoms in total. The lowest BCUT2D eigenvalue weighted by atomic mass is 9.81. The molecule has 160 valence electrons. The number of rotatable bonds is 4. The lowest BCUT2D eigenvalue weighted by molar-refractivity contribution is -0.142. The summed E-state index contributed by atoms with van der Waals surface area (Å²) in [6.45, 7) is 6.55. The summed E-state index contributed by atoms with van der Waals surface area (Å²) >= 11 is 0. The number of carbonyl (C=O) groups excluding carboxylic acids is 2. The van der Waals surface area contributed by atoms with Crippen LogP contribution in [0.3, 0.4) is 0 Å². The Hall–Kier alpha value is -2.63. The van der Waals surface area contributed by atoms with Gasteiger partial charge in [-0.2, -0.15) is 0 Å². The topological polar surface area (TPSA) is 66.7 Å². The second-order valence-corrected chi connectivity index (χ2v) is 9.00. The Morgan fingerprint density at radius 1 is 1.13 bits per heavy atom. The molecule has 1 aromatic heterocycles. The summed E-state index contributed by atoms with van der Waals surface area (Å²) in [5, 5.41) is 0. The highest BCUT2D eigenvalue weighted by molar-refractivity contribution is 5.80. The van der Waals surface area contributed by atoms with Gasteiger partial charge in [0.2, 0.25) is 17.7 Å². The molecule has 0 radical (unpaired) electrons. The number of piperidine rings is 2. The number of hydrogen-bond acceptors (Lipinski definition) is 4. The van der Waals surface area contributed by atoms with Crippen molar-refractivity contribution in [3.05, 3.63) is 53.7 Å². The van der Waals surface area contributed by atoms with Gasteiger partial charge in [0.25, 0.3) is 0 Å². The van der Waals surface area contributed by atoms with Crippen LogP contribution in [0.15, 0.2) is 40.9 Å². The van der Waals surface area contributed by atoms with E-state index in [1.165, 1.54) is 5.56 Å². The Morgan fingerprint density at radius 3 is 2.57 bits per heavy atom. The van der Waals surface area contributed by atoms with E-state index in [1.807, 2.05) is 34.2 Å². The third-order valence-electron chi connectivity index (χ3n) is 6.59. The maximum atomic E-state index is 13.2. The van der Waals surface area contributed by atoms with Crippen molar-refractivity contribution < 1.29 is 14.0 Å². The number of likely N-dealkylation sites (tertiary alicyclic amines) is 2. The van der Waals surface area contributed by atoms with E-state index < -0.39 is 0 Å². The molecule has 0 spiro atoms. The van der Waals surface area contributed by atoms with E-state index in [0.717, 1.165) is 50.3 Å². The summed E-state index contributed by atoms with van der Waals surface area (Å²) in [5.41, 5.74) is 0.936. The first-order chi connectivity index (χ1) is 14.4. The van der Waals surface area contributed by atoms with E-state index >= 15 is 0 Å². The summed E-state index contributed by atoms with van der Waals surface area (Å²) < 4.78 is 6.15. The predicted molar refractivity (Wildman–Crippen MR) is 114 cm³/mol. The Balaban J connectivity index is 1.40. The second-order valence-electron chi connectivity index (χ2n) is 9.00. The van der Waals surface area contributed by atoms with Crippen LogP contribution in [0.2, 0.25) is 0 Å².